The van der Waals surface area contributed by atoms with Crippen molar-refractivity contribution < 1.29 is 22.9 Å². The number of carbonyl (C=O) groups excluding carboxylic acids is 1. The molecule has 1 amide bonds. The Kier molecular flexibility index (Phi) is 4.76. The third-order valence-electron chi connectivity index (χ3n) is 3.68. The molecule has 0 spiro atoms. The first-order valence-electron chi connectivity index (χ1n) is 7.06. The van der Waals surface area contributed by atoms with E-state index in [0.29, 0.717) is 19.5 Å². The number of halogens is 3. The first-order valence-corrected chi connectivity index (χ1v) is 7.06. The molecule has 0 bridgehead atoms. The molecule has 1 N–H and O–H groups in total. The maximum Gasteiger partial charge on any atom is 0.423 e. The Bertz CT molecular complexity index is 619. The summed E-state index contributed by atoms with van der Waals surface area (Å²) in [6.07, 6.45) is -3.34. The Labute approximate surface area is 130 Å². The van der Waals surface area contributed by atoms with E-state index < -0.39 is 22.4 Å². The molecule has 9 heteroatoms. The van der Waals surface area contributed by atoms with Gasteiger partial charge in [-0.3, -0.25) is 14.9 Å². The van der Waals surface area contributed by atoms with E-state index in [1.54, 1.807) is 4.90 Å². The van der Waals surface area contributed by atoms with Gasteiger partial charge in [0.2, 0.25) is 5.91 Å². The van der Waals surface area contributed by atoms with Crippen molar-refractivity contribution in [2.75, 3.05) is 18.0 Å². The second-order valence-electron chi connectivity index (χ2n) is 5.44. The molecule has 0 unspecified atom stereocenters. The molecular weight excluding hydrogens is 315 g/mol. The maximum absolute atomic E-state index is 13.0. The molecule has 126 valence electrons. The Morgan fingerprint density at radius 2 is 2.13 bits per heavy atom. The molecule has 1 aliphatic heterocycles. The van der Waals surface area contributed by atoms with Gasteiger partial charge < -0.3 is 10.2 Å². The predicted octanol–water partition coefficient (Wildman–Crippen LogP) is 2.72. The zero-order chi connectivity index (χ0) is 17.2. The number of hydrogen-bond donors (Lipinski definition) is 1. The van der Waals surface area contributed by atoms with Crippen molar-refractivity contribution in [2.24, 2.45) is 0 Å². The third-order valence-corrected chi connectivity index (χ3v) is 3.68. The van der Waals surface area contributed by atoms with Gasteiger partial charge in [-0.15, -0.1) is 0 Å². The number of carbonyl (C=O) groups is 1. The van der Waals surface area contributed by atoms with Crippen LogP contribution in [0.1, 0.15) is 25.3 Å². The van der Waals surface area contributed by atoms with E-state index in [9.17, 15) is 28.1 Å². The molecule has 1 atom stereocenters. The number of rotatable bonds is 3. The number of nitrogens with zero attached hydrogens (tertiary/aromatic N) is 2. The number of piperidine rings is 1. The summed E-state index contributed by atoms with van der Waals surface area (Å²) < 4.78 is 39.1. The molecule has 1 saturated heterocycles. The van der Waals surface area contributed by atoms with Crippen molar-refractivity contribution in [2.45, 2.75) is 32.0 Å². The summed E-state index contributed by atoms with van der Waals surface area (Å²) in [4.78, 5) is 22.5. The molecule has 1 aromatic rings. The van der Waals surface area contributed by atoms with Crippen LogP contribution in [-0.4, -0.2) is 30.0 Å². The minimum atomic E-state index is -4.80. The lowest BCUT2D eigenvalue weighted by molar-refractivity contribution is -0.388. The second kappa shape index (κ2) is 6.43. The highest BCUT2D eigenvalue weighted by atomic mass is 19.4. The second-order valence-corrected chi connectivity index (χ2v) is 5.44. The van der Waals surface area contributed by atoms with Gasteiger partial charge >= 0.3 is 6.18 Å². The molecule has 23 heavy (non-hydrogen) atoms. The molecule has 1 aromatic carbocycles. The third kappa shape index (κ3) is 4.11. The Morgan fingerprint density at radius 3 is 2.70 bits per heavy atom. The highest BCUT2D eigenvalue weighted by Crippen LogP contribution is 2.38. The molecule has 6 nitrogen and oxygen atoms in total. The van der Waals surface area contributed by atoms with E-state index in [4.69, 9.17) is 0 Å². The number of nitrogens with one attached hydrogen (secondary N) is 1. The largest absolute Gasteiger partial charge is 0.423 e. The lowest BCUT2D eigenvalue weighted by Crippen LogP contribution is -2.47. The first-order chi connectivity index (χ1) is 10.7. The van der Waals surface area contributed by atoms with Gasteiger partial charge in [0.15, 0.2) is 0 Å². The number of anilines is 1. The summed E-state index contributed by atoms with van der Waals surface area (Å²) >= 11 is 0. The van der Waals surface area contributed by atoms with Crippen LogP contribution >= 0.6 is 0 Å². The normalized spacial score (nSPS) is 18.6. The Hall–Kier alpha value is -2.32. The number of amides is 1. The van der Waals surface area contributed by atoms with Gasteiger partial charge in [-0.25, -0.2) is 0 Å². The fraction of sp³-hybridized carbons (Fsp3) is 0.500. The standard InChI is InChI=1S/C14H16F3N3O3/c1-9(21)18-10-3-2-6-19(8-10)11-4-5-13(20(22)23)12(7-11)14(15,16)17/h4-5,7,10H,2-3,6,8H2,1H3,(H,18,21)/t10-/m0/s1. The van der Waals surface area contributed by atoms with Gasteiger partial charge in [0.25, 0.3) is 5.69 Å². The van der Waals surface area contributed by atoms with E-state index in [-0.39, 0.29) is 17.6 Å². The molecular formula is C14H16F3N3O3. The lowest BCUT2D eigenvalue weighted by atomic mass is 10.0. The summed E-state index contributed by atoms with van der Waals surface area (Å²) in [7, 11) is 0. The van der Waals surface area contributed by atoms with Crippen molar-refractivity contribution in [3.8, 4) is 0 Å². The van der Waals surface area contributed by atoms with Crippen molar-refractivity contribution in [3.05, 3.63) is 33.9 Å². The van der Waals surface area contributed by atoms with E-state index >= 15 is 0 Å². The summed E-state index contributed by atoms with van der Waals surface area (Å²) in [6, 6.07) is 2.84. The average Bonchev–Trinajstić information content (AvgIpc) is 2.45. The van der Waals surface area contributed by atoms with E-state index in [1.165, 1.54) is 13.0 Å². The van der Waals surface area contributed by atoms with Gasteiger partial charge in [0.05, 0.1) is 4.92 Å². The van der Waals surface area contributed by atoms with Crippen LogP contribution in [0.25, 0.3) is 0 Å². The molecule has 1 aliphatic rings. The fourth-order valence-electron chi connectivity index (χ4n) is 2.72. The number of nitro groups is 1. The smallest absolute Gasteiger partial charge is 0.369 e. The highest BCUT2D eigenvalue weighted by Gasteiger charge is 2.39. The predicted molar refractivity (Wildman–Crippen MR) is 77.2 cm³/mol. The van der Waals surface area contributed by atoms with Crippen LogP contribution in [0.3, 0.4) is 0 Å². The fourth-order valence-corrected chi connectivity index (χ4v) is 2.72. The monoisotopic (exact) mass is 331 g/mol. The highest BCUT2D eigenvalue weighted by molar-refractivity contribution is 5.73. The van der Waals surface area contributed by atoms with Crippen LogP contribution in [-0.2, 0) is 11.0 Å². The SMILES string of the molecule is CC(=O)N[C@H]1CCCN(c2ccc([N+](=O)[O-])c(C(F)(F)F)c2)C1. The van der Waals surface area contributed by atoms with Gasteiger partial charge in [0.1, 0.15) is 5.56 Å². The minimum absolute atomic E-state index is 0.147. The van der Waals surface area contributed by atoms with Crippen LogP contribution in [0.4, 0.5) is 24.5 Å². The van der Waals surface area contributed by atoms with Crippen LogP contribution in [0, 0.1) is 10.1 Å². The molecule has 0 aromatic heterocycles. The number of alkyl halides is 3. The summed E-state index contributed by atoms with van der Waals surface area (Å²) in [5.41, 5.74) is -1.96. The number of benzene rings is 1. The molecule has 1 fully saturated rings. The molecule has 0 aliphatic carbocycles. The van der Waals surface area contributed by atoms with Gasteiger partial charge in [-0.05, 0) is 25.0 Å². The summed E-state index contributed by atoms with van der Waals surface area (Å²) in [5.74, 6) is -0.198. The van der Waals surface area contributed by atoms with Gasteiger partial charge in [-0.1, -0.05) is 0 Å². The quantitative estimate of drug-likeness (QED) is 0.682. The minimum Gasteiger partial charge on any atom is -0.369 e. The number of hydrogen-bond acceptors (Lipinski definition) is 4. The molecule has 0 saturated carbocycles. The molecule has 2 rings (SSSR count). The van der Waals surface area contributed by atoms with Crippen LogP contribution in [0.2, 0.25) is 0 Å². The van der Waals surface area contributed by atoms with E-state index in [0.717, 1.165) is 18.6 Å². The zero-order valence-corrected chi connectivity index (χ0v) is 12.4. The number of nitro benzene ring substituents is 1. The molecule has 0 radical (unpaired) electrons. The van der Waals surface area contributed by atoms with E-state index in [2.05, 4.69) is 5.32 Å². The topological polar surface area (TPSA) is 75.5 Å². The lowest BCUT2D eigenvalue weighted by Gasteiger charge is -2.34. The van der Waals surface area contributed by atoms with Gasteiger partial charge in [0, 0.05) is 37.8 Å². The van der Waals surface area contributed by atoms with Crippen LogP contribution in [0.15, 0.2) is 18.2 Å². The van der Waals surface area contributed by atoms with Crippen molar-refractivity contribution in [1.82, 2.24) is 5.32 Å². The summed E-state index contributed by atoms with van der Waals surface area (Å²) in [6.45, 7) is 2.28. The molecule has 1 heterocycles. The van der Waals surface area contributed by atoms with Crippen molar-refractivity contribution >= 4 is 17.3 Å². The Morgan fingerprint density at radius 1 is 1.43 bits per heavy atom. The van der Waals surface area contributed by atoms with Gasteiger partial charge in [-0.2, -0.15) is 13.2 Å². The first kappa shape index (κ1) is 17.0. The Balaban J connectivity index is 2.29. The summed E-state index contributed by atoms with van der Waals surface area (Å²) in [5, 5.41) is 13.5. The van der Waals surface area contributed by atoms with Crippen molar-refractivity contribution in [1.29, 1.82) is 0 Å². The zero-order valence-electron chi connectivity index (χ0n) is 12.4. The van der Waals surface area contributed by atoms with E-state index in [1.807, 2.05) is 0 Å². The maximum atomic E-state index is 13.0. The van der Waals surface area contributed by atoms with Crippen LogP contribution in [0.5, 0.6) is 0 Å². The van der Waals surface area contributed by atoms with Crippen LogP contribution < -0.4 is 10.2 Å². The average molecular weight is 331 g/mol. The van der Waals surface area contributed by atoms with Crippen molar-refractivity contribution in [3.63, 3.8) is 0 Å².